The summed E-state index contributed by atoms with van der Waals surface area (Å²) in [5, 5.41) is 1.38. The van der Waals surface area contributed by atoms with Crippen molar-refractivity contribution < 1.29 is 9.53 Å². The van der Waals surface area contributed by atoms with Gasteiger partial charge in [0.2, 0.25) is 0 Å². The minimum Gasteiger partial charge on any atom is -0.465 e. The highest BCUT2D eigenvalue weighted by molar-refractivity contribution is 9.10. The van der Waals surface area contributed by atoms with Gasteiger partial charge < -0.3 is 9.30 Å². The first-order valence-corrected chi connectivity index (χ1v) is 5.74. The number of hydrogen-bond donors (Lipinski definition) is 0. The van der Waals surface area contributed by atoms with Gasteiger partial charge in [0, 0.05) is 23.1 Å². The van der Waals surface area contributed by atoms with Crippen molar-refractivity contribution in [2.45, 2.75) is 0 Å². The van der Waals surface area contributed by atoms with Crippen molar-refractivity contribution in [3.63, 3.8) is 0 Å². The normalized spacial score (nSPS) is 10.8. The van der Waals surface area contributed by atoms with Crippen molar-refractivity contribution in [3.05, 3.63) is 33.4 Å². The molecular weight excluding hydrogens is 293 g/mol. The average Bonchev–Trinajstić information content (AvgIpc) is 2.54. The van der Waals surface area contributed by atoms with Crippen LogP contribution in [-0.4, -0.2) is 17.6 Å². The second-order valence-electron chi connectivity index (χ2n) is 3.43. The van der Waals surface area contributed by atoms with E-state index in [1.54, 1.807) is 12.3 Å². The molecule has 2 rings (SSSR count). The number of nitrogens with zero attached hydrogens (tertiary/aromatic N) is 1. The highest BCUT2D eigenvalue weighted by Gasteiger charge is 2.16. The molecule has 5 heteroatoms. The molecule has 1 aromatic carbocycles. The molecule has 1 heterocycles. The van der Waals surface area contributed by atoms with E-state index in [9.17, 15) is 4.79 Å². The lowest BCUT2D eigenvalue weighted by Crippen LogP contribution is -1.99. The van der Waals surface area contributed by atoms with Crippen LogP contribution in [0.4, 0.5) is 0 Å². The number of ether oxygens (including phenoxy) is 1. The van der Waals surface area contributed by atoms with Crippen LogP contribution in [0.1, 0.15) is 10.4 Å². The van der Waals surface area contributed by atoms with Crippen molar-refractivity contribution in [1.82, 2.24) is 4.57 Å². The molecule has 1 aromatic heterocycles. The van der Waals surface area contributed by atoms with Crippen LogP contribution in [0.2, 0.25) is 5.02 Å². The number of carbonyl (C=O) groups is 1. The smallest absolute Gasteiger partial charge is 0.340 e. The fraction of sp³-hybridized carbons (Fsp3) is 0.182. The molecule has 0 radical (unpaired) electrons. The molecule has 0 bridgehead atoms. The molecular formula is C11H9BrClNO2. The van der Waals surface area contributed by atoms with Gasteiger partial charge >= 0.3 is 5.97 Å². The standard InChI is InChI=1S/C11H9BrClNO2/c1-14-5-8(11(15)16-2)7-3-6(12)4-9(13)10(7)14/h3-5H,1-2H3. The molecule has 0 fully saturated rings. The summed E-state index contributed by atoms with van der Waals surface area (Å²) in [5.74, 6) is -0.361. The number of carbonyl (C=O) groups excluding carboxylic acids is 1. The summed E-state index contributed by atoms with van der Waals surface area (Å²) in [7, 11) is 3.20. The van der Waals surface area contributed by atoms with Crippen LogP contribution in [0.25, 0.3) is 10.9 Å². The minimum atomic E-state index is -0.361. The summed E-state index contributed by atoms with van der Waals surface area (Å²) in [6, 6.07) is 3.65. The Morgan fingerprint density at radius 1 is 1.50 bits per heavy atom. The minimum absolute atomic E-state index is 0.361. The van der Waals surface area contributed by atoms with Crippen molar-refractivity contribution in [2.75, 3.05) is 7.11 Å². The van der Waals surface area contributed by atoms with E-state index in [-0.39, 0.29) is 5.97 Å². The fourth-order valence-corrected chi connectivity index (χ4v) is 2.67. The Balaban J connectivity index is 2.83. The average molecular weight is 303 g/mol. The van der Waals surface area contributed by atoms with Gasteiger partial charge in [-0.1, -0.05) is 27.5 Å². The van der Waals surface area contributed by atoms with Gasteiger partial charge in [0.05, 0.1) is 23.2 Å². The number of hydrogen-bond acceptors (Lipinski definition) is 2. The zero-order valence-electron chi connectivity index (χ0n) is 8.75. The molecule has 0 N–H and O–H groups in total. The summed E-state index contributed by atoms with van der Waals surface area (Å²) in [4.78, 5) is 11.6. The molecule has 0 atom stereocenters. The summed E-state index contributed by atoms with van der Waals surface area (Å²) < 4.78 is 7.38. The molecule has 0 unspecified atom stereocenters. The lowest BCUT2D eigenvalue weighted by atomic mass is 10.2. The monoisotopic (exact) mass is 301 g/mol. The first-order chi connectivity index (χ1) is 7.54. The maximum atomic E-state index is 11.6. The molecule has 16 heavy (non-hydrogen) atoms. The maximum absolute atomic E-state index is 11.6. The van der Waals surface area contributed by atoms with Gasteiger partial charge in [-0.15, -0.1) is 0 Å². The molecule has 2 aromatic rings. The predicted molar refractivity (Wildman–Crippen MR) is 67.0 cm³/mol. The summed E-state index contributed by atoms with van der Waals surface area (Å²) in [5.41, 5.74) is 1.34. The van der Waals surface area contributed by atoms with Gasteiger partial charge in [-0.05, 0) is 12.1 Å². The van der Waals surface area contributed by atoms with Crippen molar-refractivity contribution in [2.24, 2.45) is 7.05 Å². The molecule has 0 aliphatic rings. The molecule has 0 spiro atoms. The van der Waals surface area contributed by atoms with E-state index in [0.717, 1.165) is 15.4 Å². The molecule has 3 nitrogen and oxygen atoms in total. The number of halogens is 2. The third-order valence-corrected chi connectivity index (χ3v) is 3.15. The van der Waals surface area contributed by atoms with Crippen LogP contribution in [0.3, 0.4) is 0 Å². The summed E-state index contributed by atoms with van der Waals surface area (Å²) >= 11 is 9.48. The van der Waals surface area contributed by atoms with Gasteiger partial charge in [-0.2, -0.15) is 0 Å². The first-order valence-electron chi connectivity index (χ1n) is 4.57. The zero-order valence-corrected chi connectivity index (χ0v) is 11.1. The molecule has 0 aliphatic heterocycles. The van der Waals surface area contributed by atoms with Crippen LogP contribution in [0, 0.1) is 0 Å². The Morgan fingerprint density at radius 3 is 2.81 bits per heavy atom. The van der Waals surface area contributed by atoms with E-state index < -0.39 is 0 Å². The predicted octanol–water partition coefficient (Wildman–Crippen LogP) is 3.38. The van der Waals surface area contributed by atoms with Crippen LogP contribution < -0.4 is 0 Å². The second-order valence-corrected chi connectivity index (χ2v) is 4.75. The SMILES string of the molecule is COC(=O)c1cn(C)c2c(Cl)cc(Br)cc12. The summed E-state index contributed by atoms with van der Waals surface area (Å²) in [6.45, 7) is 0. The first kappa shape index (κ1) is 11.5. The zero-order chi connectivity index (χ0) is 11.9. The van der Waals surface area contributed by atoms with Gasteiger partial charge in [-0.3, -0.25) is 0 Å². The number of aryl methyl sites for hydroxylation is 1. The van der Waals surface area contributed by atoms with E-state index in [1.165, 1.54) is 7.11 Å². The number of methoxy groups -OCH3 is 1. The van der Waals surface area contributed by atoms with Crippen LogP contribution in [0.15, 0.2) is 22.8 Å². The van der Waals surface area contributed by atoms with E-state index in [0.29, 0.717) is 10.6 Å². The van der Waals surface area contributed by atoms with Gasteiger partial charge in [-0.25, -0.2) is 4.79 Å². The van der Waals surface area contributed by atoms with Crippen LogP contribution >= 0.6 is 27.5 Å². The topological polar surface area (TPSA) is 31.2 Å². The van der Waals surface area contributed by atoms with Gasteiger partial charge in [0.1, 0.15) is 0 Å². The summed E-state index contributed by atoms with van der Waals surface area (Å²) in [6.07, 6.45) is 1.72. The third-order valence-electron chi connectivity index (χ3n) is 2.40. The van der Waals surface area contributed by atoms with Crippen molar-refractivity contribution >= 4 is 44.4 Å². The number of rotatable bonds is 1. The van der Waals surface area contributed by atoms with Crippen LogP contribution in [0.5, 0.6) is 0 Å². The van der Waals surface area contributed by atoms with Gasteiger partial charge in [0.25, 0.3) is 0 Å². The van der Waals surface area contributed by atoms with E-state index in [4.69, 9.17) is 16.3 Å². The molecule has 84 valence electrons. The largest absolute Gasteiger partial charge is 0.465 e. The maximum Gasteiger partial charge on any atom is 0.340 e. The van der Waals surface area contributed by atoms with Gasteiger partial charge in [0.15, 0.2) is 0 Å². The quantitative estimate of drug-likeness (QED) is 0.756. The highest BCUT2D eigenvalue weighted by Crippen LogP contribution is 2.31. The van der Waals surface area contributed by atoms with Crippen LogP contribution in [-0.2, 0) is 11.8 Å². The number of esters is 1. The Kier molecular flexibility index (Phi) is 2.95. The molecule has 0 aliphatic carbocycles. The molecule has 0 saturated carbocycles. The fourth-order valence-electron chi connectivity index (χ4n) is 1.73. The van der Waals surface area contributed by atoms with E-state index in [2.05, 4.69) is 15.9 Å². The number of fused-ring (bicyclic) bond motifs is 1. The van der Waals surface area contributed by atoms with E-state index in [1.807, 2.05) is 17.7 Å². The Morgan fingerprint density at radius 2 is 2.19 bits per heavy atom. The highest BCUT2D eigenvalue weighted by atomic mass is 79.9. The lowest BCUT2D eigenvalue weighted by Gasteiger charge is -2.00. The van der Waals surface area contributed by atoms with Crippen molar-refractivity contribution in [3.8, 4) is 0 Å². The number of aromatic nitrogens is 1. The molecule has 0 amide bonds. The number of benzene rings is 1. The lowest BCUT2D eigenvalue weighted by molar-refractivity contribution is 0.0603. The Labute approximate surface area is 106 Å². The van der Waals surface area contributed by atoms with Crippen molar-refractivity contribution in [1.29, 1.82) is 0 Å². The Hall–Kier alpha value is -1.000. The van der Waals surface area contributed by atoms with E-state index >= 15 is 0 Å². The molecule has 0 saturated heterocycles. The third kappa shape index (κ3) is 1.72. The second kappa shape index (κ2) is 4.11. The Bertz CT molecular complexity index is 577.